The highest BCUT2D eigenvalue weighted by Crippen LogP contribution is 2.39. The molecule has 0 aliphatic carbocycles. The maximum Gasteiger partial charge on any atom is 0.198 e. The molecular weight excluding hydrogens is 250 g/mol. The Hall–Kier alpha value is -2.73. The first kappa shape index (κ1) is 13.7. The Morgan fingerprint density at radius 3 is 2.20 bits per heavy atom. The molecule has 0 bridgehead atoms. The lowest BCUT2D eigenvalue weighted by molar-refractivity contribution is 0.355. The van der Waals surface area contributed by atoms with E-state index in [1.54, 1.807) is 26.4 Å². The van der Waals surface area contributed by atoms with Crippen LogP contribution in [0.15, 0.2) is 49.0 Å². The Bertz CT molecular complexity index is 669. The highest BCUT2D eigenvalue weighted by molar-refractivity contribution is 5.86. The van der Waals surface area contributed by atoms with Gasteiger partial charge in [0.1, 0.15) is 5.75 Å². The topological polar surface area (TPSA) is 22.8 Å². The van der Waals surface area contributed by atoms with Gasteiger partial charge < -0.3 is 9.47 Å². The first-order valence-electron chi connectivity index (χ1n) is 6.09. The second-order valence-corrected chi connectivity index (χ2v) is 4.18. The number of rotatable bonds is 4. The molecule has 0 aromatic heterocycles. The third-order valence-corrected chi connectivity index (χ3v) is 3.07. The summed E-state index contributed by atoms with van der Waals surface area (Å²) < 4.78 is 10.5. The van der Waals surface area contributed by atoms with Gasteiger partial charge in [-0.15, -0.1) is 0 Å². The van der Waals surface area contributed by atoms with Gasteiger partial charge in [0, 0.05) is 0 Å². The highest BCUT2D eigenvalue weighted by atomic mass is 16.5. The van der Waals surface area contributed by atoms with E-state index in [0.717, 1.165) is 16.7 Å². The smallest absolute Gasteiger partial charge is 0.198 e. The molecule has 3 nitrogen and oxygen atoms in total. The van der Waals surface area contributed by atoms with Gasteiger partial charge in [-0.3, -0.25) is 0 Å². The molecule has 0 saturated carbocycles. The number of ether oxygens (including phenoxy) is 2. The normalized spacial score (nSPS) is 9.65. The maximum absolute atomic E-state index is 7.33. The monoisotopic (exact) mass is 265 g/mol. The van der Waals surface area contributed by atoms with Crippen LogP contribution in [0.1, 0.15) is 11.1 Å². The lowest BCUT2D eigenvalue weighted by Gasteiger charge is -2.13. The van der Waals surface area contributed by atoms with Crippen LogP contribution in [0.2, 0.25) is 0 Å². The Morgan fingerprint density at radius 1 is 1.05 bits per heavy atom. The van der Waals surface area contributed by atoms with Gasteiger partial charge in [-0.05, 0) is 28.8 Å². The van der Waals surface area contributed by atoms with E-state index < -0.39 is 0 Å². The van der Waals surface area contributed by atoms with Crippen molar-refractivity contribution in [3.63, 3.8) is 0 Å². The van der Waals surface area contributed by atoms with E-state index in [1.807, 2.05) is 30.3 Å². The summed E-state index contributed by atoms with van der Waals surface area (Å²) in [6, 6.07) is 13.2. The summed E-state index contributed by atoms with van der Waals surface area (Å²) in [7, 11) is 3.13. The average Bonchev–Trinajstić information content (AvgIpc) is 2.53. The van der Waals surface area contributed by atoms with Crippen LogP contribution in [-0.4, -0.2) is 14.2 Å². The minimum Gasteiger partial charge on any atom is -0.494 e. The highest BCUT2D eigenvalue weighted by Gasteiger charge is 2.14. The SMILES string of the molecule is [C-]#[N+]c1cc(OC)c(OC)cc1C(=C)c1ccccc1. The van der Waals surface area contributed by atoms with Crippen molar-refractivity contribution in [3.05, 3.63) is 71.6 Å². The molecule has 2 aromatic carbocycles. The van der Waals surface area contributed by atoms with Crippen LogP contribution in [0.5, 0.6) is 11.5 Å². The molecule has 3 heteroatoms. The molecule has 0 amide bonds. The lowest BCUT2D eigenvalue weighted by atomic mass is 9.97. The summed E-state index contributed by atoms with van der Waals surface area (Å²) in [4.78, 5) is 3.55. The van der Waals surface area contributed by atoms with E-state index in [1.165, 1.54) is 0 Å². The molecule has 0 N–H and O–H groups in total. The van der Waals surface area contributed by atoms with Gasteiger partial charge in [0.2, 0.25) is 0 Å². The first-order valence-corrected chi connectivity index (χ1v) is 6.09. The molecule has 0 aliphatic heterocycles. The van der Waals surface area contributed by atoms with Crippen LogP contribution >= 0.6 is 0 Å². The lowest BCUT2D eigenvalue weighted by Crippen LogP contribution is -1.93. The summed E-state index contributed by atoms with van der Waals surface area (Å²) in [6.07, 6.45) is 0. The molecule has 2 rings (SSSR count). The molecule has 0 saturated heterocycles. The van der Waals surface area contributed by atoms with Crippen LogP contribution < -0.4 is 9.47 Å². The van der Waals surface area contributed by atoms with E-state index in [9.17, 15) is 0 Å². The van der Waals surface area contributed by atoms with Gasteiger partial charge in [0.15, 0.2) is 11.4 Å². The number of nitrogens with zero attached hydrogens (tertiary/aromatic N) is 1. The van der Waals surface area contributed by atoms with Gasteiger partial charge in [-0.25, -0.2) is 4.85 Å². The number of benzene rings is 2. The third-order valence-electron chi connectivity index (χ3n) is 3.07. The van der Waals surface area contributed by atoms with Gasteiger partial charge in [0.05, 0.1) is 20.8 Å². The fourth-order valence-electron chi connectivity index (χ4n) is 2.00. The second kappa shape index (κ2) is 5.94. The quantitative estimate of drug-likeness (QED) is 0.768. The molecule has 2 aromatic rings. The minimum atomic E-state index is 0.497. The molecule has 0 spiro atoms. The molecule has 0 fully saturated rings. The van der Waals surface area contributed by atoms with Crippen molar-refractivity contribution >= 4 is 11.3 Å². The van der Waals surface area contributed by atoms with Crippen molar-refractivity contribution in [2.24, 2.45) is 0 Å². The summed E-state index contributed by atoms with van der Waals surface area (Å²) in [5, 5.41) is 0. The van der Waals surface area contributed by atoms with Gasteiger partial charge in [-0.1, -0.05) is 36.9 Å². The number of hydrogen-bond acceptors (Lipinski definition) is 2. The van der Waals surface area contributed by atoms with Crippen molar-refractivity contribution in [1.29, 1.82) is 0 Å². The molecule has 0 unspecified atom stereocenters. The van der Waals surface area contributed by atoms with Gasteiger partial charge >= 0.3 is 0 Å². The molecule has 100 valence electrons. The minimum absolute atomic E-state index is 0.497. The fourth-order valence-corrected chi connectivity index (χ4v) is 2.00. The van der Waals surface area contributed by atoms with E-state index in [4.69, 9.17) is 16.0 Å². The maximum atomic E-state index is 7.33. The largest absolute Gasteiger partial charge is 0.494 e. The van der Waals surface area contributed by atoms with Crippen molar-refractivity contribution in [2.45, 2.75) is 0 Å². The number of hydrogen-bond donors (Lipinski definition) is 0. The zero-order chi connectivity index (χ0) is 14.5. The van der Waals surface area contributed by atoms with Gasteiger partial charge in [0.25, 0.3) is 0 Å². The predicted molar refractivity (Wildman–Crippen MR) is 80.4 cm³/mol. The van der Waals surface area contributed by atoms with E-state index in [0.29, 0.717) is 17.2 Å². The zero-order valence-corrected chi connectivity index (χ0v) is 11.5. The van der Waals surface area contributed by atoms with Crippen molar-refractivity contribution in [1.82, 2.24) is 0 Å². The molecular formula is C17H15NO2. The van der Waals surface area contributed by atoms with Crippen LogP contribution in [0.4, 0.5) is 5.69 Å². The van der Waals surface area contributed by atoms with Crippen molar-refractivity contribution in [3.8, 4) is 11.5 Å². The molecule has 0 atom stereocenters. The molecule has 20 heavy (non-hydrogen) atoms. The fraction of sp³-hybridized carbons (Fsp3) is 0.118. The zero-order valence-electron chi connectivity index (χ0n) is 11.5. The van der Waals surface area contributed by atoms with Gasteiger partial charge in [-0.2, -0.15) is 0 Å². The summed E-state index contributed by atoms with van der Waals surface area (Å²) in [6.45, 7) is 11.4. The second-order valence-electron chi connectivity index (χ2n) is 4.18. The first-order chi connectivity index (χ1) is 9.71. The van der Waals surface area contributed by atoms with Crippen LogP contribution in [-0.2, 0) is 0 Å². The summed E-state index contributed by atoms with van der Waals surface area (Å²) in [5.41, 5.74) is 3.02. The molecule has 0 heterocycles. The standard InChI is InChI=1S/C17H15NO2/c1-12(13-8-6-5-7-9-13)14-10-16(19-3)17(20-4)11-15(14)18-2/h5-11H,1H2,3-4H3. The molecule has 0 aliphatic rings. The van der Waals surface area contributed by atoms with E-state index in [-0.39, 0.29) is 0 Å². The summed E-state index contributed by atoms with van der Waals surface area (Å²) in [5.74, 6) is 1.13. The molecule has 0 radical (unpaired) electrons. The van der Waals surface area contributed by atoms with Crippen LogP contribution in [0.3, 0.4) is 0 Å². The van der Waals surface area contributed by atoms with Crippen LogP contribution in [0.25, 0.3) is 10.4 Å². The summed E-state index contributed by atoms with van der Waals surface area (Å²) >= 11 is 0. The van der Waals surface area contributed by atoms with E-state index in [2.05, 4.69) is 11.4 Å². The third kappa shape index (κ3) is 2.50. The Morgan fingerprint density at radius 2 is 1.65 bits per heavy atom. The number of methoxy groups -OCH3 is 2. The predicted octanol–water partition coefficient (Wildman–Crippen LogP) is 4.32. The Labute approximate surface area is 118 Å². The van der Waals surface area contributed by atoms with Crippen molar-refractivity contribution < 1.29 is 9.47 Å². The van der Waals surface area contributed by atoms with Crippen molar-refractivity contribution in [2.75, 3.05) is 14.2 Å². The Kier molecular flexibility index (Phi) is 4.07. The average molecular weight is 265 g/mol. The Balaban J connectivity index is 2.56. The van der Waals surface area contributed by atoms with Crippen LogP contribution in [0, 0.1) is 6.57 Å². The van der Waals surface area contributed by atoms with E-state index >= 15 is 0 Å².